The van der Waals surface area contributed by atoms with E-state index in [-0.39, 0.29) is 5.60 Å². The van der Waals surface area contributed by atoms with Gasteiger partial charge in [0.15, 0.2) is 0 Å². The monoisotopic (exact) mass is 238 g/mol. The second kappa shape index (κ2) is 4.58. The summed E-state index contributed by atoms with van der Waals surface area (Å²) in [6, 6.07) is 21.2. The van der Waals surface area contributed by atoms with Crippen LogP contribution in [0.15, 0.2) is 60.7 Å². The SMILES string of the molecule is CC1CCOC1(c1ccccc1)c1ccccc1. The average molecular weight is 238 g/mol. The van der Waals surface area contributed by atoms with Crippen LogP contribution in [0.1, 0.15) is 24.5 Å². The standard InChI is InChI=1S/C17H18O/c1-14-12-13-18-17(14,15-8-4-2-5-9-15)16-10-6-3-7-11-16/h2-11,14H,12-13H2,1H3. The number of ether oxygens (including phenoxy) is 1. The first-order chi connectivity index (χ1) is 8.84. The third kappa shape index (κ3) is 1.67. The lowest BCUT2D eigenvalue weighted by molar-refractivity contribution is 0.0142. The molecule has 2 aromatic rings. The zero-order chi connectivity index (χ0) is 12.4. The molecule has 18 heavy (non-hydrogen) atoms. The molecule has 3 rings (SSSR count). The molecule has 1 aliphatic heterocycles. The lowest BCUT2D eigenvalue weighted by Gasteiger charge is -2.34. The topological polar surface area (TPSA) is 9.23 Å². The zero-order valence-electron chi connectivity index (χ0n) is 10.7. The predicted molar refractivity (Wildman–Crippen MR) is 73.4 cm³/mol. The van der Waals surface area contributed by atoms with E-state index in [0.29, 0.717) is 5.92 Å². The summed E-state index contributed by atoms with van der Waals surface area (Å²) < 4.78 is 6.22. The van der Waals surface area contributed by atoms with E-state index >= 15 is 0 Å². The molecule has 1 atom stereocenters. The maximum atomic E-state index is 6.22. The summed E-state index contributed by atoms with van der Waals surface area (Å²) in [6.45, 7) is 3.12. The lowest BCUT2D eigenvalue weighted by Crippen LogP contribution is -2.32. The van der Waals surface area contributed by atoms with E-state index in [1.54, 1.807) is 0 Å². The molecule has 1 fully saturated rings. The summed E-state index contributed by atoms with van der Waals surface area (Å²) >= 11 is 0. The van der Waals surface area contributed by atoms with Crippen molar-refractivity contribution in [2.45, 2.75) is 18.9 Å². The van der Waals surface area contributed by atoms with Crippen LogP contribution in [0.25, 0.3) is 0 Å². The summed E-state index contributed by atoms with van der Waals surface area (Å²) in [6.07, 6.45) is 1.11. The molecular weight excluding hydrogens is 220 g/mol. The quantitative estimate of drug-likeness (QED) is 0.768. The highest BCUT2D eigenvalue weighted by molar-refractivity contribution is 5.38. The molecule has 1 unspecified atom stereocenters. The van der Waals surface area contributed by atoms with Crippen molar-refractivity contribution >= 4 is 0 Å². The van der Waals surface area contributed by atoms with Gasteiger partial charge in [-0.05, 0) is 23.5 Å². The van der Waals surface area contributed by atoms with Crippen LogP contribution in [0.2, 0.25) is 0 Å². The first kappa shape index (κ1) is 11.5. The van der Waals surface area contributed by atoms with Crippen LogP contribution < -0.4 is 0 Å². The van der Waals surface area contributed by atoms with Crippen molar-refractivity contribution in [2.24, 2.45) is 5.92 Å². The second-order valence-corrected chi connectivity index (χ2v) is 5.01. The molecule has 0 saturated carbocycles. The summed E-state index contributed by atoms with van der Waals surface area (Å²) in [5.41, 5.74) is 2.27. The molecule has 92 valence electrons. The van der Waals surface area contributed by atoms with Gasteiger partial charge in [0, 0.05) is 6.61 Å². The summed E-state index contributed by atoms with van der Waals surface area (Å²) in [5.74, 6) is 0.502. The van der Waals surface area contributed by atoms with Crippen LogP contribution >= 0.6 is 0 Å². The first-order valence-corrected chi connectivity index (χ1v) is 6.59. The molecule has 0 N–H and O–H groups in total. The molecule has 1 saturated heterocycles. The number of benzene rings is 2. The molecule has 2 aromatic carbocycles. The predicted octanol–water partition coefficient (Wildman–Crippen LogP) is 3.99. The van der Waals surface area contributed by atoms with E-state index in [9.17, 15) is 0 Å². The minimum Gasteiger partial charge on any atom is -0.365 e. The Balaban J connectivity index is 2.17. The van der Waals surface area contributed by atoms with Crippen LogP contribution in [0.5, 0.6) is 0 Å². The van der Waals surface area contributed by atoms with E-state index in [2.05, 4.69) is 67.6 Å². The molecular formula is C17H18O. The summed E-state index contributed by atoms with van der Waals surface area (Å²) in [5, 5.41) is 0. The van der Waals surface area contributed by atoms with Crippen LogP contribution in [0, 0.1) is 5.92 Å². The zero-order valence-corrected chi connectivity index (χ0v) is 10.7. The minimum atomic E-state index is -0.261. The molecule has 1 heteroatoms. The van der Waals surface area contributed by atoms with Gasteiger partial charge in [-0.15, -0.1) is 0 Å². The van der Waals surface area contributed by atoms with Gasteiger partial charge in [-0.1, -0.05) is 67.6 Å². The van der Waals surface area contributed by atoms with E-state index in [1.165, 1.54) is 11.1 Å². The van der Waals surface area contributed by atoms with Crippen molar-refractivity contribution in [3.8, 4) is 0 Å². The lowest BCUT2D eigenvalue weighted by atomic mass is 9.77. The number of rotatable bonds is 2. The smallest absolute Gasteiger partial charge is 0.121 e. The van der Waals surface area contributed by atoms with Gasteiger partial charge in [-0.2, -0.15) is 0 Å². The Kier molecular flexibility index (Phi) is 2.92. The Bertz CT molecular complexity index is 464. The maximum absolute atomic E-state index is 6.22. The second-order valence-electron chi connectivity index (χ2n) is 5.01. The van der Waals surface area contributed by atoms with Gasteiger partial charge in [0.25, 0.3) is 0 Å². The molecule has 0 amide bonds. The molecule has 1 aliphatic rings. The maximum Gasteiger partial charge on any atom is 0.121 e. The van der Waals surface area contributed by atoms with E-state index < -0.39 is 0 Å². The third-order valence-electron chi connectivity index (χ3n) is 3.98. The van der Waals surface area contributed by atoms with Crippen LogP contribution in [0.3, 0.4) is 0 Å². The average Bonchev–Trinajstić information content (AvgIpc) is 2.84. The Morgan fingerprint density at radius 2 is 1.39 bits per heavy atom. The van der Waals surface area contributed by atoms with Gasteiger partial charge in [0.2, 0.25) is 0 Å². The third-order valence-corrected chi connectivity index (χ3v) is 3.98. The van der Waals surface area contributed by atoms with E-state index in [1.807, 2.05) is 0 Å². The highest BCUT2D eigenvalue weighted by Crippen LogP contribution is 2.45. The van der Waals surface area contributed by atoms with E-state index in [0.717, 1.165) is 13.0 Å². The van der Waals surface area contributed by atoms with Crippen LogP contribution in [-0.4, -0.2) is 6.61 Å². The fourth-order valence-electron chi connectivity index (χ4n) is 3.02. The van der Waals surface area contributed by atoms with Gasteiger partial charge in [-0.25, -0.2) is 0 Å². The van der Waals surface area contributed by atoms with E-state index in [4.69, 9.17) is 4.74 Å². The largest absolute Gasteiger partial charge is 0.365 e. The van der Waals surface area contributed by atoms with Crippen molar-refractivity contribution in [2.75, 3.05) is 6.61 Å². The Labute approximate surface area is 108 Å². The minimum absolute atomic E-state index is 0.261. The highest BCUT2D eigenvalue weighted by Gasteiger charge is 2.44. The summed E-state index contributed by atoms with van der Waals surface area (Å²) in [4.78, 5) is 0. The first-order valence-electron chi connectivity index (χ1n) is 6.59. The Morgan fingerprint density at radius 3 is 1.78 bits per heavy atom. The fourth-order valence-corrected chi connectivity index (χ4v) is 3.02. The fraction of sp³-hybridized carbons (Fsp3) is 0.294. The Hall–Kier alpha value is -1.60. The molecule has 0 aliphatic carbocycles. The molecule has 1 nitrogen and oxygen atoms in total. The van der Waals surface area contributed by atoms with Gasteiger partial charge < -0.3 is 4.74 Å². The van der Waals surface area contributed by atoms with Gasteiger partial charge in [-0.3, -0.25) is 0 Å². The van der Waals surface area contributed by atoms with Crippen molar-refractivity contribution in [1.29, 1.82) is 0 Å². The number of hydrogen-bond acceptors (Lipinski definition) is 1. The van der Waals surface area contributed by atoms with Crippen molar-refractivity contribution < 1.29 is 4.74 Å². The summed E-state index contributed by atoms with van der Waals surface area (Å²) in [7, 11) is 0. The molecule has 0 spiro atoms. The van der Waals surface area contributed by atoms with Crippen LogP contribution in [-0.2, 0) is 10.3 Å². The van der Waals surface area contributed by atoms with Gasteiger partial charge in [0.1, 0.15) is 5.60 Å². The molecule has 0 aromatic heterocycles. The van der Waals surface area contributed by atoms with Gasteiger partial charge in [0.05, 0.1) is 0 Å². The molecule has 0 radical (unpaired) electrons. The van der Waals surface area contributed by atoms with Crippen molar-refractivity contribution in [3.63, 3.8) is 0 Å². The van der Waals surface area contributed by atoms with Gasteiger partial charge >= 0.3 is 0 Å². The van der Waals surface area contributed by atoms with Crippen molar-refractivity contribution in [3.05, 3.63) is 71.8 Å². The molecule has 1 heterocycles. The van der Waals surface area contributed by atoms with Crippen LogP contribution in [0.4, 0.5) is 0 Å². The number of hydrogen-bond donors (Lipinski definition) is 0. The highest BCUT2D eigenvalue weighted by atomic mass is 16.5. The molecule has 0 bridgehead atoms. The Morgan fingerprint density at radius 1 is 0.889 bits per heavy atom. The normalized spacial score (nSPS) is 21.9. The van der Waals surface area contributed by atoms with Crippen molar-refractivity contribution in [1.82, 2.24) is 0 Å².